The molecule has 0 fully saturated rings. The van der Waals surface area contributed by atoms with Crippen LogP contribution in [0.25, 0.3) is 10.2 Å². The summed E-state index contributed by atoms with van der Waals surface area (Å²) in [6.07, 6.45) is 5.70. The van der Waals surface area contributed by atoms with Gasteiger partial charge in [0.15, 0.2) is 5.16 Å². The van der Waals surface area contributed by atoms with E-state index in [-0.39, 0.29) is 17.2 Å². The van der Waals surface area contributed by atoms with E-state index in [1.807, 2.05) is 11.0 Å². The molecule has 1 atom stereocenters. The first-order valence-corrected chi connectivity index (χ1v) is 13.0. The molecule has 2 aromatic heterocycles. The van der Waals surface area contributed by atoms with Crippen LogP contribution in [0.3, 0.4) is 0 Å². The van der Waals surface area contributed by atoms with Gasteiger partial charge in [-0.05, 0) is 48.3 Å². The molecule has 166 valence electrons. The van der Waals surface area contributed by atoms with Crippen LogP contribution >= 0.6 is 23.1 Å². The minimum absolute atomic E-state index is 0.00352. The summed E-state index contributed by atoms with van der Waals surface area (Å²) < 4.78 is 1.68. The van der Waals surface area contributed by atoms with E-state index in [4.69, 9.17) is 4.98 Å². The molecule has 7 heteroatoms. The lowest BCUT2D eigenvalue weighted by atomic mass is 9.89. The number of carbonyl (C=O) groups is 1. The Hall–Kier alpha value is -2.38. The third-order valence-electron chi connectivity index (χ3n) is 6.50. The molecule has 1 amide bonds. The fraction of sp³-hybridized carbons (Fsp3) is 0.400. The minimum Gasteiger partial charge on any atom is -0.337 e. The summed E-state index contributed by atoms with van der Waals surface area (Å²) in [7, 11) is 0. The van der Waals surface area contributed by atoms with Crippen LogP contribution in [0.4, 0.5) is 0 Å². The van der Waals surface area contributed by atoms with Crippen molar-refractivity contribution < 1.29 is 4.79 Å². The number of hydrogen-bond acceptors (Lipinski definition) is 5. The van der Waals surface area contributed by atoms with Crippen molar-refractivity contribution in [3.63, 3.8) is 0 Å². The van der Waals surface area contributed by atoms with Crippen LogP contribution in [-0.4, -0.2) is 32.7 Å². The van der Waals surface area contributed by atoms with Gasteiger partial charge in [-0.3, -0.25) is 14.2 Å². The standard InChI is InChI=1S/C25H27N3O2S2/c1-3-11-28-24(30)22-19-9-8-16(2)13-20(19)32-23(22)26-25(28)31-15-21(29)27-12-10-17-6-4-5-7-18(17)14-27/h3-7,16H,1,8-15H2,2H3. The summed E-state index contributed by atoms with van der Waals surface area (Å²) in [5.41, 5.74) is 3.74. The highest BCUT2D eigenvalue weighted by atomic mass is 32.2. The van der Waals surface area contributed by atoms with Crippen LogP contribution in [-0.2, 0) is 37.1 Å². The van der Waals surface area contributed by atoms with Crippen LogP contribution < -0.4 is 5.56 Å². The second-order valence-corrected chi connectivity index (χ2v) is 10.8. The number of allylic oxidation sites excluding steroid dienone is 1. The third kappa shape index (κ3) is 3.92. The van der Waals surface area contributed by atoms with Crippen molar-refractivity contribution in [2.45, 2.75) is 50.9 Å². The SMILES string of the molecule is C=CCn1c(SCC(=O)N2CCc3ccccc3C2)nc2sc3c(c2c1=O)CCC(C)C3. The van der Waals surface area contributed by atoms with Crippen molar-refractivity contribution in [2.75, 3.05) is 12.3 Å². The lowest BCUT2D eigenvalue weighted by Gasteiger charge is -2.28. The van der Waals surface area contributed by atoms with Gasteiger partial charge < -0.3 is 4.90 Å². The zero-order chi connectivity index (χ0) is 22.2. The fourth-order valence-electron chi connectivity index (χ4n) is 4.73. The molecular weight excluding hydrogens is 438 g/mol. The molecule has 1 aliphatic carbocycles. The molecule has 0 radical (unpaired) electrons. The molecular formula is C25H27N3O2S2. The number of nitrogens with zero attached hydrogens (tertiary/aromatic N) is 3. The van der Waals surface area contributed by atoms with Gasteiger partial charge in [-0.2, -0.15) is 0 Å². The third-order valence-corrected chi connectivity index (χ3v) is 8.61. The molecule has 0 N–H and O–H groups in total. The molecule has 0 spiro atoms. The molecule has 1 aromatic carbocycles. The summed E-state index contributed by atoms with van der Waals surface area (Å²) >= 11 is 3.02. The largest absolute Gasteiger partial charge is 0.337 e. The van der Waals surface area contributed by atoms with Gasteiger partial charge in [0.1, 0.15) is 4.83 Å². The number of rotatable bonds is 5. The van der Waals surface area contributed by atoms with Crippen molar-refractivity contribution in [3.05, 3.63) is 68.8 Å². The van der Waals surface area contributed by atoms with Gasteiger partial charge in [-0.1, -0.05) is 49.0 Å². The number of benzene rings is 1. The maximum atomic E-state index is 13.4. The predicted molar refractivity (Wildman–Crippen MR) is 132 cm³/mol. The van der Waals surface area contributed by atoms with Crippen molar-refractivity contribution in [3.8, 4) is 0 Å². The average molecular weight is 466 g/mol. The summed E-state index contributed by atoms with van der Waals surface area (Å²) in [5.74, 6) is 1.01. The van der Waals surface area contributed by atoms with Crippen LogP contribution in [0.2, 0.25) is 0 Å². The van der Waals surface area contributed by atoms with Crippen LogP contribution in [0, 0.1) is 5.92 Å². The molecule has 3 heterocycles. The zero-order valence-electron chi connectivity index (χ0n) is 18.3. The number of aryl methyl sites for hydroxylation is 1. The second kappa shape index (κ2) is 8.87. The fourth-order valence-corrected chi connectivity index (χ4v) is 7.07. The van der Waals surface area contributed by atoms with Crippen molar-refractivity contribution in [1.82, 2.24) is 14.5 Å². The highest BCUT2D eigenvalue weighted by molar-refractivity contribution is 7.99. The number of amides is 1. The maximum absolute atomic E-state index is 13.4. The van der Waals surface area contributed by atoms with E-state index in [2.05, 4.69) is 31.7 Å². The smallest absolute Gasteiger partial charge is 0.263 e. The number of aromatic nitrogens is 2. The van der Waals surface area contributed by atoms with Gasteiger partial charge in [-0.15, -0.1) is 17.9 Å². The molecule has 2 aliphatic rings. The predicted octanol–water partition coefficient (Wildman–Crippen LogP) is 4.45. The monoisotopic (exact) mass is 465 g/mol. The maximum Gasteiger partial charge on any atom is 0.263 e. The first-order chi connectivity index (χ1) is 15.5. The quantitative estimate of drug-likeness (QED) is 0.317. The molecule has 5 nitrogen and oxygen atoms in total. The van der Waals surface area contributed by atoms with Gasteiger partial charge in [-0.25, -0.2) is 4.98 Å². The lowest BCUT2D eigenvalue weighted by molar-refractivity contribution is -0.129. The average Bonchev–Trinajstić information content (AvgIpc) is 3.16. The Morgan fingerprint density at radius 3 is 2.94 bits per heavy atom. The van der Waals surface area contributed by atoms with E-state index in [1.165, 1.54) is 33.3 Å². The highest BCUT2D eigenvalue weighted by Gasteiger charge is 2.25. The highest BCUT2D eigenvalue weighted by Crippen LogP contribution is 2.36. The Morgan fingerprint density at radius 2 is 2.12 bits per heavy atom. The van der Waals surface area contributed by atoms with Gasteiger partial charge in [0.2, 0.25) is 5.91 Å². The number of thioether (sulfide) groups is 1. The Balaban J connectivity index is 1.40. The van der Waals surface area contributed by atoms with E-state index in [1.54, 1.807) is 22.0 Å². The van der Waals surface area contributed by atoms with Gasteiger partial charge in [0.25, 0.3) is 5.56 Å². The van der Waals surface area contributed by atoms with Crippen LogP contribution in [0.5, 0.6) is 0 Å². The van der Waals surface area contributed by atoms with Crippen LogP contribution in [0.15, 0.2) is 46.9 Å². The van der Waals surface area contributed by atoms with Crippen LogP contribution in [0.1, 0.15) is 34.9 Å². The molecule has 0 bridgehead atoms. The Labute approximate surface area is 196 Å². The summed E-state index contributed by atoms with van der Waals surface area (Å²) in [6, 6.07) is 8.31. The van der Waals surface area contributed by atoms with Gasteiger partial charge >= 0.3 is 0 Å². The molecule has 0 saturated carbocycles. The number of carbonyl (C=O) groups excluding carboxylic acids is 1. The molecule has 0 saturated heterocycles. The Kier molecular flexibility index (Phi) is 5.95. The van der Waals surface area contributed by atoms with E-state index in [0.29, 0.717) is 24.2 Å². The summed E-state index contributed by atoms with van der Waals surface area (Å²) in [4.78, 5) is 35.3. The summed E-state index contributed by atoms with van der Waals surface area (Å²) in [6.45, 7) is 7.87. The normalized spacial score (nSPS) is 17.8. The molecule has 32 heavy (non-hydrogen) atoms. The van der Waals surface area contributed by atoms with Crippen molar-refractivity contribution in [2.24, 2.45) is 5.92 Å². The first-order valence-electron chi connectivity index (χ1n) is 11.2. The Morgan fingerprint density at radius 1 is 1.31 bits per heavy atom. The first kappa shape index (κ1) is 21.5. The number of thiophene rings is 1. The molecule has 1 unspecified atom stereocenters. The van der Waals surface area contributed by atoms with Crippen molar-refractivity contribution >= 4 is 39.2 Å². The molecule has 3 aromatic rings. The van der Waals surface area contributed by atoms with Gasteiger partial charge in [0, 0.05) is 24.5 Å². The molecule has 1 aliphatic heterocycles. The topological polar surface area (TPSA) is 55.2 Å². The van der Waals surface area contributed by atoms with Crippen molar-refractivity contribution in [1.29, 1.82) is 0 Å². The molecule has 5 rings (SSSR count). The second-order valence-electron chi connectivity index (χ2n) is 8.75. The van der Waals surface area contributed by atoms with Gasteiger partial charge in [0.05, 0.1) is 11.1 Å². The Bertz CT molecular complexity index is 1260. The summed E-state index contributed by atoms with van der Waals surface area (Å²) in [5, 5.41) is 1.39. The van der Waals surface area contributed by atoms with E-state index < -0.39 is 0 Å². The van der Waals surface area contributed by atoms with E-state index in [0.717, 1.165) is 42.4 Å². The number of fused-ring (bicyclic) bond motifs is 4. The van der Waals surface area contributed by atoms with E-state index in [9.17, 15) is 9.59 Å². The zero-order valence-corrected chi connectivity index (χ0v) is 19.9. The lowest BCUT2D eigenvalue weighted by Crippen LogP contribution is -2.37. The number of hydrogen-bond donors (Lipinski definition) is 0. The minimum atomic E-state index is 0.00352. The van der Waals surface area contributed by atoms with E-state index >= 15 is 0 Å².